The number of hydrogen-bond donors (Lipinski definition) is 4. The van der Waals surface area contributed by atoms with Gasteiger partial charge in [-0.15, -0.1) is 0 Å². The highest BCUT2D eigenvalue weighted by Gasteiger charge is 2.29. The highest BCUT2D eigenvalue weighted by atomic mass is 19.3. The van der Waals surface area contributed by atoms with Gasteiger partial charge in [0.25, 0.3) is 12.3 Å². The van der Waals surface area contributed by atoms with Crippen molar-refractivity contribution in [3.8, 4) is 0 Å². The van der Waals surface area contributed by atoms with Crippen molar-refractivity contribution in [3.63, 3.8) is 0 Å². The Morgan fingerprint density at radius 3 is 2.44 bits per heavy atom. The molecule has 0 radical (unpaired) electrons. The third-order valence-corrected chi connectivity index (χ3v) is 4.64. The van der Waals surface area contributed by atoms with Gasteiger partial charge in [0, 0.05) is 39.6 Å². The lowest BCUT2D eigenvalue weighted by Gasteiger charge is -2.23. The van der Waals surface area contributed by atoms with Gasteiger partial charge in [-0.25, -0.2) is 18.6 Å². The summed E-state index contributed by atoms with van der Waals surface area (Å²) in [4.78, 5) is 25.9. The molecule has 1 atom stereocenters. The van der Waals surface area contributed by atoms with Gasteiger partial charge in [-0.2, -0.15) is 5.10 Å². The number of fused-ring (bicyclic) bond motifs is 1. The van der Waals surface area contributed by atoms with Gasteiger partial charge in [-0.3, -0.25) is 23.9 Å². The number of piperidine rings is 1. The second-order valence-electron chi connectivity index (χ2n) is 7.79. The van der Waals surface area contributed by atoms with Gasteiger partial charge in [0.2, 0.25) is 0 Å². The van der Waals surface area contributed by atoms with Crippen molar-refractivity contribution < 1.29 is 27.2 Å². The molecule has 0 spiro atoms. The SMILES string of the molecule is CC(C)=O.CF.CN=C1C=CN2NCC(C(=O)Nc3cn(C)nc3C(F)F)=C2N1.FC1CCCNC1. The third-order valence-electron chi connectivity index (χ3n) is 4.64. The number of carbonyl (C=O) groups excluding carboxylic acids is 2. The minimum Gasteiger partial charge on any atom is -0.325 e. The summed E-state index contributed by atoms with van der Waals surface area (Å²) in [7, 11) is 3.63. The van der Waals surface area contributed by atoms with Crippen LogP contribution in [0.2, 0.25) is 0 Å². The number of amides is 1. The number of aryl methyl sites for hydroxylation is 1. The Kier molecular flexibility index (Phi) is 13.4. The molecule has 4 heterocycles. The number of Topliss-reactive ketones (excluding diaryl/α,β-unsaturated/α-hetero) is 1. The standard InChI is InChI=1S/C13H15F2N7O.C5H10FN.C3H6O.CH3F/c1-16-9-3-4-22-12(19-9)7(5-17-22)13(23)18-8-6-21(2)20-10(8)11(14)15;6-5-2-1-3-7-4-5;1-3(2)4;1-2/h3-4,6,11,17H,5H2,1-2H3,(H,16,19)(H,18,23);5,7H,1-4H2;1-2H3;1H3. The Labute approximate surface area is 207 Å². The smallest absolute Gasteiger partial charge is 0.284 e. The molecule has 1 aromatic heterocycles. The van der Waals surface area contributed by atoms with Gasteiger partial charge in [-0.1, -0.05) is 0 Å². The summed E-state index contributed by atoms with van der Waals surface area (Å²) in [5, 5.41) is 13.8. The molecule has 10 nitrogen and oxygen atoms in total. The first kappa shape index (κ1) is 30.8. The maximum Gasteiger partial charge on any atom is 0.284 e. The van der Waals surface area contributed by atoms with Crippen LogP contribution in [0.3, 0.4) is 0 Å². The number of aromatic nitrogens is 2. The monoisotopic (exact) mass is 518 g/mol. The summed E-state index contributed by atoms with van der Waals surface area (Å²) < 4.78 is 48.7. The summed E-state index contributed by atoms with van der Waals surface area (Å²) in [6, 6.07) is 0. The van der Waals surface area contributed by atoms with Gasteiger partial charge in [0.15, 0.2) is 5.69 Å². The van der Waals surface area contributed by atoms with E-state index in [1.165, 1.54) is 31.8 Å². The van der Waals surface area contributed by atoms with Gasteiger partial charge < -0.3 is 20.7 Å². The predicted molar refractivity (Wildman–Crippen MR) is 130 cm³/mol. The van der Waals surface area contributed by atoms with Crippen LogP contribution in [0.15, 0.2) is 34.9 Å². The lowest BCUT2D eigenvalue weighted by atomic mass is 10.1. The van der Waals surface area contributed by atoms with E-state index in [1.54, 1.807) is 24.3 Å². The number of amidine groups is 1. The minimum absolute atomic E-state index is 0.00483. The van der Waals surface area contributed by atoms with Crippen molar-refractivity contribution in [2.24, 2.45) is 12.0 Å². The van der Waals surface area contributed by atoms with Gasteiger partial charge in [0.1, 0.15) is 23.6 Å². The second kappa shape index (κ2) is 15.7. The fraction of sp³-hybridized carbons (Fsp3) is 0.545. The molecule has 0 bridgehead atoms. The molecule has 1 unspecified atom stereocenters. The quantitative estimate of drug-likeness (QED) is 0.454. The van der Waals surface area contributed by atoms with Crippen LogP contribution >= 0.6 is 0 Å². The molecule has 1 amide bonds. The Morgan fingerprint density at radius 1 is 1.28 bits per heavy atom. The largest absolute Gasteiger partial charge is 0.325 e. The van der Waals surface area contributed by atoms with E-state index in [0.29, 0.717) is 31.0 Å². The fourth-order valence-electron chi connectivity index (χ4n) is 3.13. The van der Waals surface area contributed by atoms with E-state index >= 15 is 0 Å². The molecule has 4 rings (SSSR count). The fourth-order valence-corrected chi connectivity index (χ4v) is 3.13. The molecule has 36 heavy (non-hydrogen) atoms. The lowest BCUT2D eigenvalue weighted by Crippen LogP contribution is -2.38. The molecule has 0 aromatic carbocycles. The first-order valence-corrected chi connectivity index (χ1v) is 11.1. The number of alkyl halides is 4. The summed E-state index contributed by atoms with van der Waals surface area (Å²) in [5.74, 6) is 0.802. The molecule has 0 aliphatic carbocycles. The number of hydrazine groups is 1. The van der Waals surface area contributed by atoms with E-state index < -0.39 is 24.2 Å². The molecular formula is C22H34F4N8O2. The number of nitrogens with one attached hydrogen (secondary N) is 4. The molecule has 4 N–H and O–H groups in total. The van der Waals surface area contributed by atoms with Crippen LogP contribution in [0.25, 0.3) is 0 Å². The molecule has 1 fully saturated rings. The number of ketones is 1. The van der Waals surface area contributed by atoms with Crippen molar-refractivity contribution in [2.75, 3.05) is 39.2 Å². The van der Waals surface area contributed by atoms with Gasteiger partial charge >= 0.3 is 0 Å². The third kappa shape index (κ3) is 9.77. The number of halogens is 4. The van der Waals surface area contributed by atoms with E-state index in [-0.39, 0.29) is 18.0 Å². The van der Waals surface area contributed by atoms with Crippen LogP contribution in [0.5, 0.6) is 0 Å². The summed E-state index contributed by atoms with van der Waals surface area (Å²) in [5.41, 5.74) is 2.91. The predicted octanol–water partition coefficient (Wildman–Crippen LogP) is 2.36. The maximum absolute atomic E-state index is 12.9. The Morgan fingerprint density at radius 2 is 1.94 bits per heavy atom. The Hall–Kier alpha value is -3.26. The topological polar surface area (TPSA) is 116 Å². The zero-order valence-electron chi connectivity index (χ0n) is 21.0. The van der Waals surface area contributed by atoms with Crippen molar-refractivity contribution >= 4 is 23.2 Å². The van der Waals surface area contributed by atoms with Crippen molar-refractivity contribution in [1.29, 1.82) is 0 Å². The minimum atomic E-state index is -2.77. The number of anilines is 1. The Bertz CT molecular complexity index is 952. The zero-order chi connectivity index (χ0) is 27.3. The molecule has 3 aliphatic heterocycles. The molecule has 14 heteroatoms. The Balaban J connectivity index is 0.000000412. The second-order valence-corrected chi connectivity index (χ2v) is 7.79. The molecular weight excluding hydrogens is 484 g/mol. The zero-order valence-corrected chi connectivity index (χ0v) is 21.0. The van der Waals surface area contributed by atoms with Crippen LogP contribution in [0.1, 0.15) is 38.8 Å². The summed E-state index contributed by atoms with van der Waals surface area (Å²) in [6.45, 7) is 4.89. The van der Waals surface area contributed by atoms with Crippen molar-refractivity contribution in [1.82, 2.24) is 30.8 Å². The molecule has 1 saturated heterocycles. The number of rotatable bonds is 3. The average Bonchev–Trinajstić information content (AvgIpc) is 3.43. The number of aliphatic imine (C=N–C) groups is 1. The lowest BCUT2D eigenvalue weighted by molar-refractivity contribution is -0.115. The van der Waals surface area contributed by atoms with Gasteiger partial charge in [-0.05, 0) is 39.3 Å². The highest BCUT2D eigenvalue weighted by molar-refractivity contribution is 6.06. The van der Waals surface area contributed by atoms with E-state index in [0.717, 1.165) is 19.4 Å². The molecule has 1 aromatic rings. The molecule has 3 aliphatic rings. The first-order valence-electron chi connectivity index (χ1n) is 11.1. The van der Waals surface area contributed by atoms with Crippen molar-refractivity contribution in [3.05, 3.63) is 35.6 Å². The maximum atomic E-state index is 12.9. The number of nitrogens with zero attached hydrogens (tertiary/aromatic N) is 4. The van der Waals surface area contributed by atoms with Crippen LogP contribution in [0, 0.1) is 0 Å². The highest BCUT2D eigenvalue weighted by Crippen LogP contribution is 2.26. The van der Waals surface area contributed by atoms with E-state index in [2.05, 4.69) is 31.5 Å². The van der Waals surface area contributed by atoms with Crippen LogP contribution in [-0.4, -0.2) is 72.3 Å². The summed E-state index contributed by atoms with van der Waals surface area (Å²) in [6.07, 6.45) is 3.23. The van der Waals surface area contributed by atoms with Crippen LogP contribution in [0.4, 0.5) is 23.2 Å². The van der Waals surface area contributed by atoms with E-state index in [9.17, 15) is 27.2 Å². The van der Waals surface area contributed by atoms with Gasteiger partial charge in [0.05, 0.1) is 18.4 Å². The normalized spacial score (nSPS) is 19.2. The van der Waals surface area contributed by atoms with Crippen LogP contribution in [-0.2, 0) is 16.6 Å². The number of hydrogen-bond acceptors (Lipinski definition) is 7. The van der Waals surface area contributed by atoms with Crippen LogP contribution < -0.4 is 21.4 Å². The van der Waals surface area contributed by atoms with E-state index in [1.807, 2.05) is 0 Å². The number of carbonyl (C=O) groups is 2. The molecule has 0 saturated carbocycles. The average molecular weight is 519 g/mol. The molecule has 202 valence electrons. The first-order chi connectivity index (χ1) is 17.1. The van der Waals surface area contributed by atoms with E-state index in [4.69, 9.17) is 0 Å². The summed E-state index contributed by atoms with van der Waals surface area (Å²) >= 11 is 0. The van der Waals surface area contributed by atoms with Crippen molar-refractivity contribution in [2.45, 2.75) is 39.3 Å².